The third-order valence-corrected chi connectivity index (χ3v) is 7.22. The molecule has 0 aliphatic carbocycles. The molecule has 1 rings (SSSR count). The molecule has 0 aromatic heterocycles. The second kappa shape index (κ2) is 14.8. The van der Waals surface area contributed by atoms with E-state index >= 15 is 17.6 Å². The number of aliphatic imine (C=N–C) groups is 2. The Bertz CT molecular complexity index is 1880. The van der Waals surface area contributed by atoms with Crippen LogP contribution in [0.25, 0.3) is 0 Å². The number of hydrogen-bond acceptors (Lipinski definition) is 7. The normalized spacial score (nSPS) is 14.7. The average Bonchev–Trinajstić information content (AvgIpc) is 3.04. The lowest BCUT2D eigenvalue weighted by molar-refractivity contribution is -0.482. The van der Waals surface area contributed by atoms with Gasteiger partial charge in [-0.2, -0.15) is 120 Å². The summed E-state index contributed by atoms with van der Waals surface area (Å²) >= 11 is 0. The highest BCUT2D eigenvalue weighted by Gasteiger charge is 2.99. The second-order valence-electron chi connectivity index (χ2n) is 10.8. The minimum atomic E-state index is -9.82. The van der Waals surface area contributed by atoms with Gasteiger partial charge >= 0.3 is 77.3 Å². The van der Waals surface area contributed by atoms with E-state index in [1.165, 1.54) is 0 Å². The molecule has 1 aromatic carbocycles. The maximum absolute atomic E-state index is 15.6. The van der Waals surface area contributed by atoms with Crippen molar-refractivity contribution in [2.75, 3.05) is 6.73 Å². The molecular formula is C25H10F25N3O5. The average molecular weight is 907 g/mol. The van der Waals surface area contributed by atoms with E-state index in [2.05, 4.69) is 14.7 Å². The number of halogens is 25. The van der Waals surface area contributed by atoms with Crippen molar-refractivity contribution in [3.8, 4) is 0 Å². The van der Waals surface area contributed by atoms with Crippen molar-refractivity contribution >= 4 is 35.4 Å². The van der Waals surface area contributed by atoms with E-state index in [0.717, 1.165) is 5.32 Å². The zero-order chi connectivity index (χ0) is 46.7. The van der Waals surface area contributed by atoms with Crippen molar-refractivity contribution < 1.29 is 134 Å². The first kappa shape index (κ1) is 51.2. The topological polar surface area (TPSA) is 114 Å². The van der Waals surface area contributed by atoms with Gasteiger partial charge in [-0.3, -0.25) is 9.59 Å². The molecule has 58 heavy (non-hydrogen) atoms. The molecule has 0 unspecified atom stereocenters. The summed E-state index contributed by atoms with van der Waals surface area (Å²) in [6, 6.07) is -0.0861. The van der Waals surface area contributed by atoms with Crippen molar-refractivity contribution in [3.63, 3.8) is 0 Å². The molecule has 0 fully saturated rings. The predicted octanol–water partition coefficient (Wildman–Crippen LogP) is 9.19. The summed E-state index contributed by atoms with van der Waals surface area (Å²) in [5.74, 6) is -106. The van der Waals surface area contributed by atoms with E-state index in [9.17, 15) is 111 Å². The molecule has 1 amide bonds. The summed E-state index contributed by atoms with van der Waals surface area (Å²) in [5.41, 5.74) is -11.6. The van der Waals surface area contributed by atoms with E-state index in [4.69, 9.17) is 0 Å². The molecular weight excluding hydrogens is 897 g/mol. The third kappa shape index (κ3) is 6.95. The summed E-state index contributed by atoms with van der Waals surface area (Å²) in [5, 5.41) is 1.16. The zero-order valence-electron chi connectivity index (χ0n) is 26.7. The number of benzene rings is 1. The molecule has 0 saturated heterocycles. The number of esters is 1. The highest BCUT2D eigenvalue weighted by Crippen LogP contribution is 2.68. The fraction of sp³-hybridized carbons (Fsp3) is 0.600. The lowest BCUT2D eigenvalue weighted by atomic mass is 9.82. The van der Waals surface area contributed by atoms with Crippen LogP contribution in [0, 0.1) is 6.92 Å². The van der Waals surface area contributed by atoms with Gasteiger partial charge in [0.05, 0.1) is 16.9 Å². The van der Waals surface area contributed by atoms with Crippen LogP contribution in [0.15, 0.2) is 16.1 Å². The smallest absolute Gasteiger partial charge is 0.445 e. The van der Waals surface area contributed by atoms with Crippen molar-refractivity contribution in [1.29, 1.82) is 0 Å². The Labute approximate surface area is 300 Å². The Morgan fingerprint density at radius 1 is 0.552 bits per heavy atom. The second-order valence-corrected chi connectivity index (χ2v) is 10.8. The summed E-state index contributed by atoms with van der Waals surface area (Å²) in [4.78, 5) is 50.0. The van der Waals surface area contributed by atoms with Crippen molar-refractivity contribution in [2.24, 2.45) is 9.98 Å². The van der Waals surface area contributed by atoms with E-state index in [1.54, 1.807) is 0 Å². The Morgan fingerprint density at radius 2 is 0.862 bits per heavy atom. The molecule has 0 saturated carbocycles. The first-order chi connectivity index (χ1) is 25.4. The number of alkyl halides is 25. The van der Waals surface area contributed by atoms with Gasteiger partial charge in [0.15, 0.2) is 6.73 Å². The van der Waals surface area contributed by atoms with Crippen LogP contribution in [0.3, 0.4) is 0 Å². The molecule has 8 nitrogen and oxygen atoms in total. The van der Waals surface area contributed by atoms with E-state index in [-0.39, 0.29) is 13.0 Å². The highest BCUT2D eigenvalue weighted by molar-refractivity contribution is 6.02. The molecule has 0 radical (unpaired) electrons. The van der Waals surface area contributed by atoms with Crippen LogP contribution in [0.5, 0.6) is 0 Å². The fourth-order valence-corrected chi connectivity index (χ4v) is 4.08. The lowest BCUT2D eigenvalue weighted by Crippen LogP contribution is -2.78. The molecule has 0 atom stereocenters. The molecule has 1 N–H and O–H groups in total. The molecule has 33 heteroatoms. The van der Waals surface area contributed by atoms with E-state index in [0.29, 0.717) is 19.1 Å². The van der Waals surface area contributed by atoms with Gasteiger partial charge in [0.1, 0.15) is 0 Å². The van der Waals surface area contributed by atoms with Gasteiger partial charge in [0, 0.05) is 12.5 Å². The number of hydrogen-bond donors (Lipinski definition) is 1. The number of carbonyl (C=O) groups is 2. The molecule has 0 heterocycles. The highest BCUT2D eigenvalue weighted by atomic mass is 19.4. The van der Waals surface area contributed by atoms with Gasteiger partial charge in [0.2, 0.25) is 12.2 Å². The number of nitrogens with one attached hydrogen (secondary N) is 1. The summed E-state index contributed by atoms with van der Waals surface area (Å²) in [6.45, 7) is -1.18. The molecule has 0 spiro atoms. The van der Waals surface area contributed by atoms with Crippen LogP contribution < -0.4 is 5.32 Å². The number of nitrogens with zero attached hydrogens (tertiary/aromatic N) is 2. The van der Waals surface area contributed by atoms with Crippen molar-refractivity contribution in [3.05, 3.63) is 22.8 Å². The maximum atomic E-state index is 15.6. The van der Waals surface area contributed by atoms with Crippen molar-refractivity contribution in [1.82, 2.24) is 5.32 Å². The first-order valence-corrected chi connectivity index (χ1v) is 13.4. The first-order valence-electron chi connectivity index (χ1n) is 13.4. The molecule has 0 bridgehead atoms. The minimum absolute atomic E-state index is 0.0861. The zero-order valence-corrected chi connectivity index (χ0v) is 26.7. The van der Waals surface area contributed by atoms with Gasteiger partial charge in [-0.05, 0) is 18.6 Å². The van der Waals surface area contributed by atoms with Crippen LogP contribution in [0.4, 0.5) is 121 Å². The Kier molecular flexibility index (Phi) is 13.0. The van der Waals surface area contributed by atoms with Gasteiger partial charge in [-0.25, -0.2) is 9.59 Å². The Morgan fingerprint density at radius 3 is 1.17 bits per heavy atom. The number of rotatable bonds is 16. The Balaban J connectivity index is 4.30. The van der Waals surface area contributed by atoms with Gasteiger partial charge in [-0.15, -0.1) is 0 Å². The minimum Gasteiger partial charge on any atom is -0.445 e. The number of amides is 1. The van der Waals surface area contributed by atoms with Gasteiger partial charge < -0.3 is 10.1 Å². The number of isocyanates is 2. The van der Waals surface area contributed by atoms with E-state index < -0.39 is 118 Å². The van der Waals surface area contributed by atoms with Crippen LogP contribution in [-0.2, 0) is 25.0 Å². The lowest BCUT2D eigenvalue weighted by Gasteiger charge is -2.45. The van der Waals surface area contributed by atoms with Crippen molar-refractivity contribution in [2.45, 2.75) is 85.2 Å². The maximum Gasteiger partial charge on any atom is 0.460 e. The monoisotopic (exact) mass is 907 g/mol. The summed E-state index contributed by atoms with van der Waals surface area (Å²) in [7, 11) is 0. The number of carbonyl (C=O) groups excluding carboxylic acids is 4. The largest absolute Gasteiger partial charge is 0.460 e. The fourth-order valence-electron chi connectivity index (χ4n) is 4.08. The summed E-state index contributed by atoms with van der Waals surface area (Å²) < 4.78 is 354. The quantitative estimate of drug-likeness (QED) is 0.0585. The SMILES string of the molecule is CC(=O)OCNC(=O)c1c(N=C=O)cc(N=C=O)c(C)c1C(F)(F)C(F)(F)C(F)(F)C(F)(F)C(F)(F)C(F)(F)C(F)(F)C(F)(F)C(F)(F)C(F)(F)C(F)(F)C(F)(F)F. The van der Waals surface area contributed by atoms with Crippen LogP contribution in [0.2, 0.25) is 0 Å². The molecule has 0 aliphatic rings. The molecule has 330 valence electrons. The standard InChI is InChI=1S/C25H10F25N3O5/c1-7-9(51-4-54)3-10(52-5-55)11(13(57)53-6-58-8(2)56)12(7)14(26,27)15(28,29)16(30,31)17(32,33)18(34,35)19(36,37)20(38,39)21(40,41)22(42,43)23(44,45)24(46,47)25(48,49)50/h3H,6H2,1-2H3,(H,53,57). The Hall–Kier alpha value is -4.83. The molecule has 0 aliphatic heterocycles. The third-order valence-electron chi connectivity index (χ3n) is 7.22. The van der Waals surface area contributed by atoms with Crippen LogP contribution in [0.1, 0.15) is 28.4 Å². The van der Waals surface area contributed by atoms with Gasteiger partial charge in [-0.1, -0.05) is 0 Å². The van der Waals surface area contributed by atoms with Crippen LogP contribution in [-0.4, -0.2) is 96.2 Å². The molecule has 1 aromatic rings. The predicted molar refractivity (Wildman–Crippen MR) is 130 cm³/mol. The van der Waals surface area contributed by atoms with Crippen LogP contribution >= 0.6 is 0 Å². The van der Waals surface area contributed by atoms with E-state index in [1.807, 2.05) is 0 Å². The van der Waals surface area contributed by atoms with Gasteiger partial charge in [0.25, 0.3) is 5.91 Å². The number of ether oxygens (including phenoxy) is 1. The summed E-state index contributed by atoms with van der Waals surface area (Å²) in [6.07, 6.45) is -7.48.